The summed E-state index contributed by atoms with van der Waals surface area (Å²) in [4.78, 5) is 11.7. The number of amides is 1. The van der Waals surface area contributed by atoms with Crippen LogP contribution < -0.4 is 5.32 Å². The third-order valence-electron chi connectivity index (χ3n) is 2.84. The van der Waals surface area contributed by atoms with Crippen LogP contribution in [0.5, 0.6) is 0 Å². The number of aliphatic hydroxyl groups excluding tert-OH is 1. The van der Waals surface area contributed by atoms with Crippen LogP contribution in [0.3, 0.4) is 0 Å². The topological polar surface area (TPSA) is 62.5 Å². The van der Waals surface area contributed by atoms with Crippen LogP contribution in [-0.4, -0.2) is 23.2 Å². The Hall–Kier alpha value is -0.810. The number of hydrogen-bond donors (Lipinski definition) is 2. The van der Waals surface area contributed by atoms with E-state index < -0.39 is 6.10 Å². The molecular weight excluding hydrogens is 274 g/mol. The van der Waals surface area contributed by atoms with Gasteiger partial charge in [0.15, 0.2) is 10.4 Å². The lowest BCUT2D eigenvalue weighted by molar-refractivity contribution is 0.0697. The second-order valence-electron chi connectivity index (χ2n) is 4.04. The molecular formula is C11H14BrNO3. The minimum atomic E-state index is -0.434. The minimum Gasteiger partial charge on any atom is -0.444 e. The van der Waals surface area contributed by atoms with Gasteiger partial charge in [-0.15, -0.1) is 0 Å². The number of carbonyl (C=O) groups excluding carboxylic acids is 1. The molecule has 16 heavy (non-hydrogen) atoms. The summed E-state index contributed by atoms with van der Waals surface area (Å²) in [5.74, 6) is 0.00120. The second kappa shape index (κ2) is 5.01. The van der Waals surface area contributed by atoms with Crippen molar-refractivity contribution in [3.05, 3.63) is 22.6 Å². The molecule has 2 rings (SSSR count). The highest BCUT2D eigenvalue weighted by Gasteiger charge is 2.25. The van der Waals surface area contributed by atoms with Crippen LogP contribution >= 0.6 is 15.9 Å². The van der Waals surface area contributed by atoms with Gasteiger partial charge in [0.25, 0.3) is 5.91 Å². The Kier molecular flexibility index (Phi) is 3.66. The number of furan rings is 1. The van der Waals surface area contributed by atoms with Gasteiger partial charge in [0.05, 0.1) is 12.1 Å². The summed E-state index contributed by atoms with van der Waals surface area (Å²) in [7, 11) is 0. The molecule has 0 radical (unpaired) electrons. The SMILES string of the molecule is O=C(N[C@@H]1CCCC[C@H]1O)c1ccc(Br)o1. The molecule has 0 aromatic carbocycles. The zero-order valence-electron chi connectivity index (χ0n) is 8.78. The molecule has 2 N–H and O–H groups in total. The monoisotopic (exact) mass is 287 g/mol. The Labute approximate surface area is 102 Å². The van der Waals surface area contributed by atoms with Gasteiger partial charge in [0.2, 0.25) is 0 Å². The third-order valence-corrected chi connectivity index (χ3v) is 3.27. The molecule has 0 bridgehead atoms. The summed E-state index contributed by atoms with van der Waals surface area (Å²) in [6.07, 6.45) is 3.22. The smallest absolute Gasteiger partial charge is 0.287 e. The van der Waals surface area contributed by atoms with Crippen LogP contribution in [0.2, 0.25) is 0 Å². The maximum absolute atomic E-state index is 11.7. The fourth-order valence-electron chi connectivity index (χ4n) is 1.96. The summed E-state index contributed by atoms with van der Waals surface area (Å²) >= 11 is 3.14. The Morgan fingerprint density at radius 2 is 2.19 bits per heavy atom. The molecule has 88 valence electrons. The molecule has 1 fully saturated rings. The zero-order valence-corrected chi connectivity index (χ0v) is 10.4. The third kappa shape index (κ3) is 2.65. The van der Waals surface area contributed by atoms with Crippen LogP contribution in [-0.2, 0) is 0 Å². The van der Waals surface area contributed by atoms with Crippen LogP contribution in [0.4, 0.5) is 0 Å². The largest absolute Gasteiger partial charge is 0.444 e. The summed E-state index contributed by atoms with van der Waals surface area (Å²) in [6.45, 7) is 0. The van der Waals surface area contributed by atoms with Crippen molar-refractivity contribution in [1.29, 1.82) is 0 Å². The molecule has 0 unspecified atom stereocenters. The molecule has 4 nitrogen and oxygen atoms in total. The molecule has 1 aromatic rings. The number of nitrogens with one attached hydrogen (secondary N) is 1. The molecule has 1 aliphatic rings. The minimum absolute atomic E-state index is 0.148. The van der Waals surface area contributed by atoms with E-state index in [1.54, 1.807) is 12.1 Å². The Morgan fingerprint density at radius 1 is 1.44 bits per heavy atom. The van der Waals surface area contributed by atoms with Gasteiger partial charge in [-0.05, 0) is 40.9 Å². The van der Waals surface area contributed by atoms with Crippen molar-refractivity contribution in [2.45, 2.75) is 37.8 Å². The van der Waals surface area contributed by atoms with Gasteiger partial charge >= 0.3 is 0 Å². The Morgan fingerprint density at radius 3 is 2.81 bits per heavy atom. The van der Waals surface area contributed by atoms with Gasteiger partial charge in [-0.3, -0.25) is 4.79 Å². The summed E-state index contributed by atoms with van der Waals surface area (Å²) < 4.78 is 5.67. The molecule has 0 aliphatic heterocycles. The molecule has 1 aromatic heterocycles. The first-order valence-corrected chi connectivity index (χ1v) is 6.20. The zero-order chi connectivity index (χ0) is 11.5. The fraction of sp³-hybridized carbons (Fsp3) is 0.545. The van der Waals surface area contributed by atoms with E-state index in [0.29, 0.717) is 4.67 Å². The maximum atomic E-state index is 11.7. The number of carbonyl (C=O) groups is 1. The molecule has 0 saturated heterocycles. The van der Waals surface area contributed by atoms with E-state index in [1.807, 2.05) is 0 Å². The summed E-state index contributed by atoms with van der Waals surface area (Å²) in [5.41, 5.74) is 0. The molecule has 1 amide bonds. The number of halogens is 1. The Balaban J connectivity index is 1.96. The van der Waals surface area contributed by atoms with Crippen LogP contribution in [0.1, 0.15) is 36.2 Å². The van der Waals surface area contributed by atoms with E-state index in [-0.39, 0.29) is 17.7 Å². The number of hydrogen-bond acceptors (Lipinski definition) is 3. The molecule has 5 heteroatoms. The van der Waals surface area contributed by atoms with Crippen molar-refractivity contribution in [3.8, 4) is 0 Å². The van der Waals surface area contributed by atoms with Crippen molar-refractivity contribution >= 4 is 21.8 Å². The van der Waals surface area contributed by atoms with E-state index in [2.05, 4.69) is 21.2 Å². The molecule has 1 saturated carbocycles. The number of rotatable bonds is 2. The van der Waals surface area contributed by atoms with Gasteiger partial charge in [0.1, 0.15) is 0 Å². The van der Waals surface area contributed by atoms with Crippen molar-refractivity contribution in [2.24, 2.45) is 0 Å². The van der Waals surface area contributed by atoms with Crippen molar-refractivity contribution in [1.82, 2.24) is 5.32 Å². The molecule has 1 heterocycles. The second-order valence-corrected chi connectivity index (χ2v) is 4.82. The predicted molar refractivity (Wildman–Crippen MR) is 62.1 cm³/mol. The lowest BCUT2D eigenvalue weighted by Gasteiger charge is -2.27. The predicted octanol–water partition coefficient (Wildman–Crippen LogP) is 2.08. The highest BCUT2D eigenvalue weighted by Crippen LogP contribution is 2.19. The first-order chi connectivity index (χ1) is 7.66. The molecule has 2 atom stereocenters. The van der Waals surface area contributed by atoms with E-state index in [4.69, 9.17) is 4.42 Å². The van der Waals surface area contributed by atoms with E-state index in [9.17, 15) is 9.90 Å². The highest BCUT2D eigenvalue weighted by atomic mass is 79.9. The normalized spacial score (nSPS) is 25.4. The molecule has 0 spiro atoms. The van der Waals surface area contributed by atoms with Crippen molar-refractivity contribution in [3.63, 3.8) is 0 Å². The van der Waals surface area contributed by atoms with Crippen molar-refractivity contribution < 1.29 is 14.3 Å². The quantitative estimate of drug-likeness (QED) is 0.875. The number of aliphatic hydroxyl groups is 1. The average molecular weight is 288 g/mol. The first kappa shape index (κ1) is 11.7. The highest BCUT2D eigenvalue weighted by molar-refractivity contribution is 9.10. The van der Waals surface area contributed by atoms with Crippen LogP contribution in [0.25, 0.3) is 0 Å². The van der Waals surface area contributed by atoms with Gasteiger partial charge in [-0.2, -0.15) is 0 Å². The van der Waals surface area contributed by atoms with Crippen LogP contribution in [0.15, 0.2) is 21.2 Å². The fourth-order valence-corrected chi connectivity index (χ4v) is 2.26. The van der Waals surface area contributed by atoms with Gasteiger partial charge in [-0.1, -0.05) is 12.8 Å². The van der Waals surface area contributed by atoms with Gasteiger partial charge in [-0.25, -0.2) is 0 Å². The first-order valence-electron chi connectivity index (χ1n) is 5.41. The summed E-state index contributed by atoms with van der Waals surface area (Å²) in [6, 6.07) is 3.13. The van der Waals surface area contributed by atoms with Crippen molar-refractivity contribution in [2.75, 3.05) is 0 Å². The maximum Gasteiger partial charge on any atom is 0.287 e. The lowest BCUT2D eigenvalue weighted by Crippen LogP contribution is -2.44. The van der Waals surface area contributed by atoms with Gasteiger partial charge in [0, 0.05) is 0 Å². The standard InChI is InChI=1S/C11H14BrNO3/c12-10-6-5-9(16-10)11(15)13-7-3-1-2-4-8(7)14/h5-8,14H,1-4H2,(H,13,15)/t7-,8-/m1/s1. The molecule has 1 aliphatic carbocycles. The van der Waals surface area contributed by atoms with Gasteiger partial charge < -0.3 is 14.8 Å². The van der Waals surface area contributed by atoms with E-state index in [1.165, 1.54) is 0 Å². The lowest BCUT2D eigenvalue weighted by atomic mass is 9.92. The summed E-state index contributed by atoms with van der Waals surface area (Å²) in [5, 5.41) is 12.5. The van der Waals surface area contributed by atoms with Crippen LogP contribution in [0, 0.1) is 0 Å². The average Bonchev–Trinajstić information content (AvgIpc) is 2.68. The van der Waals surface area contributed by atoms with E-state index >= 15 is 0 Å². The van der Waals surface area contributed by atoms with E-state index in [0.717, 1.165) is 25.7 Å². The Bertz CT molecular complexity index is 377.